The van der Waals surface area contributed by atoms with E-state index in [1.54, 1.807) is 0 Å². The van der Waals surface area contributed by atoms with Crippen LogP contribution in [-0.2, 0) is 5.41 Å². The fraction of sp³-hybridized carbons (Fsp3) is 0.600. The summed E-state index contributed by atoms with van der Waals surface area (Å²) in [5.74, 6) is 0.617. The molecule has 0 saturated carbocycles. The van der Waals surface area contributed by atoms with Gasteiger partial charge in [-0.05, 0) is 41.8 Å². The molecule has 1 nitrogen and oxygen atoms in total. The first-order valence-electron chi connectivity index (χ1n) is 6.25. The molecule has 1 aromatic rings. The molecule has 1 rings (SSSR count). The molecule has 1 aromatic carbocycles. The highest BCUT2D eigenvalue weighted by Crippen LogP contribution is 2.27. The van der Waals surface area contributed by atoms with Gasteiger partial charge in [-0.25, -0.2) is 0 Å². The van der Waals surface area contributed by atoms with Gasteiger partial charge in [0.1, 0.15) is 0 Å². The molecule has 0 aliphatic rings. The van der Waals surface area contributed by atoms with Crippen LogP contribution in [0.15, 0.2) is 24.3 Å². The van der Waals surface area contributed by atoms with Crippen LogP contribution in [0.1, 0.15) is 57.6 Å². The van der Waals surface area contributed by atoms with Gasteiger partial charge in [-0.1, -0.05) is 52.0 Å². The van der Waals surface area contributed by atoms with Crippen molar-refractivity contribution in [1.82, 2.24) is 0 Å². The summed E-state index contributed by atoms with van der Waals surface area (Å²) in [6, 6.07) is 8.98. The maximum absolute atomic E-state index is 5.55. The minimum absolute atomic E-state index is 0.240. The zero-order valence-electron chi connectivity index (χ0n) is 11.1. The van der Waals surface area contributed by atoms with Crippen molar-refractivity contribution in [3.63, 3.8) is 0 Å². The van der Waals surface area contributed by atoms with Gasteiger partial charge in [-0.3, -0.25) is 0 Å². The van der Waals surface area contributed by atoms with E-state index < -0.39 is 0 Å². The van der Waals surface area contributed by atoms with Crippen LogP contribution < -0.4 is 5.73 Å². The molecule has 90 valence electrons. The van der Waals surface area contributed by atoms with E-state index >= 15 is 0 Å². The Morgan fingerprint density at radius 3 is 2.50 bits per heavy atom. The average Bonchev–Trinajstić information content (AvgIpc) is 2.25. The number of hydrogen-bond acceptors (Lipinski definition) is 1. The fourth-order valence-corrected chi connectivity index (χ4v) is 1.90. The number of rotatable bonds is 4. The number of hydrogen-bond donors (Lipinski definition) is 1. The second-order valence-electron chi connectivity index (χ2n) is 5.71. The van der Waals surface area contributed by atoms with Crippen molar-refractivity contribution in [2.45, 2.75) is 51.9 Å². The predicted octanol–water partition coefficient (Wildman–Crippen LogP) is 3.83. The van der Waals surface area contributed by atoms with Crippen molar-refractivity contribution in [1.29, 1.82) is 0 Å². The minimum atomic E-state index is 0.240. The summed E-state index contributed by atoms with van der Waals surface area (Å²) in [5.41, 5.74) is 8.66. The molecule has 16 heavy (non-hydrogen) atoms. The third-order valence-corrected chi connectivity index (χ3v) is 3.16. The van der Waals surface area contributed by atoms with Gasteiger partial charge in [0, 0.05) is 0 Å². The zero-order valence-corrected chi connectivity index (χ0v) is 11.1. The summed E-state index contributed by atoms with van der Waals surface area (Å²) in [6.07, 6.45) is 2.30. The predicted molar refractivity (Wildman–Crippen MR) is 71.8 cm³/mol. The van der Waals surface area contributed by atoms with E-state index in [1.807, 2.05) is 0 Å². The smallest absolute Gasteiger partial charge is 0.00771 e. The van der Waals surface area contributed by atoms with E-state index in [4.69, 9.17) is 5.73 Å². The highest BCUT2D eigenvalue weighted by Gasteiger charge is 2.14. The van der Waals surface area contributed by atoms with Gasteiger partial charge in [-0.15, -0.1) is 0 Å². The molecule has 1 unspecified atom stereocenters. The van der Waals surface area contributed by atoms with E-state index in [0.717, 1.165) is 13.0 Å². The van der Waals surface area contributed by atoms with Gasteiger partial charge < -0.3 is 5.73 Å². The lowest BCUT2D eigenvalue weighted by Gasteiger charge is -2.21. The third kappa shape index (κ3) is 3.64. The normalized spacial score (nSPS) is 13.8. The monoisotopic (exact) mass is 219 g/mol. The van der Waals surface area contributed by atoms with Crippen LogP contribution >= 0.6 is 0 Å². The van der Waals surface area contributed by atoms with Gasteiger partial charge in [0.15, 0.2) is 0 Å². The highest BCUT2D eigenvalue weighted by atomic mass is 14.5. The Labute approximate surface area is 100 Å². The van der Waals surface area contributed by atoms with Gasteiger partial charge in [0.25, 0.3) is 0 Å². The minimum Gasteiger partial charge on any atom is -0.330 e. The Hall–Kier alpha value is -0.820. The summed E-state index contributed by atoms with van der Waals surface area (Å²) in [7, 11) is 0. The van der Waals surface area contributed by atoms with E-state index in [-0.39, 0.29) is 5.41 Å². The highest BCUT2D eigenvalue weighted by molar-refractivity contribution is 5.30. The quantitative estimate of drug-likeness (QED) is 0.818. The second kappa shape index (κ2) is 5.49. The summed E-state index contributed by atoms with van der Waals surface area (Å²) in [4.78, 5) is 0. The van der Waals surface area contributed by atoms with Crippen LogP contribution in [0.4, 0.5) is 0 Å². The standard InChI is InChI=1S/C15H25N/c1-12(7-6-10-16)13-8-5-9-14(11-13)15(2,3)4/h5,8-9,11-12H,6-7,10,16H2,1-4H3. The Bertz CT molecular complexity index is 322. The first-order valence-corrected chi connectivity index (χ1v) is 6.25. The molecule has 0 radical (unpaired) electrons. The topological polar surface area (TPSA) is 26.0 Å². The fourth-order valence-electron chi connectivity index (χ4n) is 1.90. The Morgan fingerprint density at radius 2 is 1.94 bits per heavy atom. The van der Waals surface area contributed by atoms with E-state index in [0.29, 0.717) is 5.92 Å². The molecule has 0 aliphatic carbocycles. The molecule has 1 atom stereocenters. The molecular formula is C15H25N. The lowest BCUT2D eigenvalue weighted by Crippen LogP contribution is -2.11. The van der Waals surface area contributed by atoms with Crippen molar-refractivity contribution in [2.24, 2.45) is 5.73 Å². The summed E-state index contributed by atoms with van der Waals surface area (Å²) in [5, 5.41) is 0. The largest absolute Gasteiger partial charge is 0.330 e. The molecule has 0 bridgehead atoms. The van der Waals surface area contributed by atoms with Gasteiger partial charge in [-0.2, -0.15) is 0 Å². The average molecular weight is 219 g/mol. The molecule has 0 fully saturated rings. The van der Waals surface area contributed by atoms with Gasteiger partial charge >= 0.3 is 0 Å². The van der Waals surface area contributed by atoms with Crippen molar-refractivity contribution in [2.75, 3.05) is 6.54 Å². The zero-order chi connectivity index (χ0) is 12.2. The Kier molecular flexibility index (Phi) is 4.55. The molecule has 0 aliphatic heterocycles. The summed E-state index contributed by atoms with van der Waals surface area (Å²) < 4.78 is 0. The molecule has 0 aromatic heterocycles. The van der Waals surface area contributed by atoms with Crippen LogP contribution in [0.25, 0.3) is 0 Å². The first-order chi connectivity index (χ1) is 7.45. The van der Waals surface area contributed by atoms with Crippen LogP contribution in [0.3, 0.4) is 0 Å². The Balaban J connectivity index is 2.82. The van der Waals surface area contributed by atoms with Crippen molar-refractivity contribution in [3.8, 4) is 0 Å². The van der Waals surface area contributed by atoms with Crippen LogP contribution in [0.2, 0.25) is 0 Å². The SMILES string of the molecule is CC(CCCN)c1cccc(C(C)(C)C)c1. The lowest BCUT2D eigenvalue weighted by molar-refractivity contribution is 0.585. The van der Waals surface area contributed by atoms with Crippen LogP contribution in [0, 0.1) is 0 Å². The summed E-state index contributed by atoms with van der Waals surface area (Å²) in [6.45, 7) is 9.87. The van der Waals surface area contributed by atoms with Gasteiger partial charge in [0.05, 0.1) is 0 Å². The Morgan fingerprint density at radius 1 is 1.25 bits per heavy atom. The van der Waals surface area contributed by atoms with Gasteiger partial charge in [0.2, 0.25) is 0 Å². The van der Waals surface area contributed by atoms with Crippen molar-refractivity contribution >= 4 is 0 Å². The van der Waals surface area contributed by atoms with Crippen molar-refractivity contribution < 1.29 is 0 Å². The van der Waals surface area contributed by atoms with Crippen LogP contribution in [-0.4, -0.2) is 6.54 Å². The molecule has 1 heteroatoms. The van der Waals surface area contributed by atoms with E-state index in [2.05, 4.69) is 52.0 Å². The maximum Gasteiger partial charge on any atom is -0.00771 e. The first kappa shape index (κ1) is 13.2. The number of nitrogens with two attached hydrogens (primary N) is 1. The molecule has 2 N–H and O–H groups in total. The number of benzene rings is 1. The van der Waals surface area contributed by atoms with E-state index in [1.165, 1.54) is 17.5 Å². The second-order valence-corrected chi connectivity index (χ2v) is 5.71. The maximum atomic E-state index is 5.55. The molecular weight excluding hydrogens is 194 g/mol. The van der Waals surface area contributed by atoms with E-state index in [9.17, 15) is 0 Å². The van der Waals surface area contributed by atoms with Crippen molar-refractivity contribution in [3.05, 3.63) is 35.4 Å². The molecule has 0 amide bonds. The lowest BCUT2D eigenvalue weighted by atomic mass is 9.84. The molecule has 0 spiro atoms. The third-order valence-electron chi connectivity index (χ3n) is 3.16. The summed E-state index contributed by atoms with van der Waals surface area (Å²) >= 11 is 0. The van der Waals surface area contributed by atoms with Crippen LogP contribution in [0.5, 0.6) is 0 Å². The molecule has 0 heterocycles. The molecule has 0 saturated heterocycles.